The van der Waals surface area contributed by atoms with Crippen LogP contribution >= 0.6 is 0 Å². The maximum Gasteiger partial charge on any atom is 0.222 e. The van der Waals surface area contributed by atoms with Crippen LogP contribution in [0.2, 0.25) is 0 Å². The SMILES string of the molecule is C[C@H](CCC(=O)N(C)C)[C@H]1CC[C@H]2[C@@H]3C[C@@H](O)[C@H]4C[C@@H](O)CC[C@]4(C)[C@H]3CC[C@]12C. The van der Waals surface area contributed by atoms with Gasteiger partial charge in [-0.15, -0.1) is 0 Å². The van der Waals surface area contributed by atoms with Gasteiger partial charge in [0.25, 0.3) is 0 Å². The Morgan fingerprint density at radius 2 is 1.63 bits per heavy atom. The van der Waals surface area contributed by atoms with Gasteiger partial charge in [-0.05, 0) is 104 Å². The average Bonchev–Trinajstić information content (AvgIpc) is 3.04. The number of hydrogen-bond donors (Lipinski definition) is 2. The van der Waals surface area contributed by atoms with E-state index in [1.54, 1.807) is 4.90 Å². The van der Waals surface area contributed by atoms with Gasteiger partial charge in [-0.25, -0.2) is 0 Å². The molecule has 0 spiro atoms. The lowest BCUT2D eigenvalue weighted by atomic mass is 9.44. The van der Waals surface area contributed by atoms with Crippen LogP contribution in [-0.2, 0) is 4.79 Å². The fraction of sp³-hybridized carbons (Fsp3) is 0.962. The summed E-state index contributed by atoms with van der Waals surface area (Å²) in [5.74, 6) is 3.87. The van der Waals surface area contributed by atoms with E-state index < -0.39 is 0 Å². The highest BCUT2D eigenvalue weighted by Crippen LogP contribution is 2.68. The zero-order valence-electron chi connectivity index (χ0n) is 19.9. The summed E-state index contributed by atoms with van der Waals surface area (Å²) in [6.07, 6.45) is 10.1. The van der Waals surface area contributed by atoms with Crippen LogP contribution in [0.3, 0.4) is 0 Å². The molecule has 4 fully saturated rings. The average molecular weight is 420 g/mol. The smallest absolute Gasteiger partial charge is 0.222 e. The molecule has 4 heteroatoms. The molecule has 4 aliphatic carbocycles. The monoisotopic (exact) mass is 419 g/mol. The van der Waals surface area contributed by atoms with Crippen molar-refractivity contribution in [3.63, 3.8) is 0 Å². The fourth-order valence-electron chi connectivity index (χ4n) is 9.03. The zero-order chi connectivity index (χ0) is 21.8. The van der Waals surface area contributed by atoms with Crippen LogP contribution in [0, 0.1) is 46.3 Å². The summed E-state index contributed by atoms with van der Waals surface area (Å²) in [5.41, 5.74) is 0.559. The molecule has 0 unspecified atom stereocenters. The maximum absolute atomic E-state index is 12.1. The molecule has 0 aromatic carbocycles. The minimum absolute atomic E-state index is 0.199. The molecule has 10 atom stereocenters. The van der Waals surface area contributed by atoms with Gasteiger partial charge in [-0.2, -0.15) is 0 Å². The van der Waals surface area contributed by atoms with E-state index in [0.717, 1.165) is 32.1 Å². The summed E-state index contributed by atoms with van der Waals surface area (Å²) in [4.78, 5) is 13.8. The first-order valence-corrected chi connectivity index (χ1v) is 12.6. The van der Waals surface area contributed by atoms with Gasteiger partial charge in [-0.1, -0.05) is 20.8 Å². The first-order chi connectivity index (χ1) is 14.1. The van der Waals surface area contributed by atoms with E-state index in [2.05, 4.69) is 20.8 Å². The topological polar surface area (TPSA) is 60.8 Å². The van der Waals surface area contributed by atoms with E-state index in [9.17, 15) is 15.0 Å². The third-order valence-corrected chi connectivity index (χ3v) is 10.7. The fourth-order valence-corrected chi connectivity index (χ4v) is 9.03. The van der Waals surface area contributed by atoms with E-state index in [4.69, 9.17) is 0 Å². The lowest BCUT2D eigenvalue weighted by molar-refractivity contribution is -0.172. The van der Waals surface area contributed by atoms with Crippen molar-refractivity contribution < 1.29 is 15.0 Å². The Balaban J connectivity index is 1.50. The highest BCUT2D eigenvalue weighted by Gasteiger charge is 2.62. The van der Waals surface area contributed by atoms with E-state index in [1.165, 1.54) is 25.7 Å². The summed E-state index contributed by atoms with van der Waals surface area (Å²) < 4.78 is 0. The first-order valence-electron chi connectivity index (χ1n) is 12.6. The van der Waals surface area contributed by atoms with Crippen molar-refractivity contribution in [3.8, 4) is 0 Å². The minimum atomic E-state index is -0.247. The number of carbonyl (C=O) groups excluding carboxylic acids is 1. The number of nitrogens with zero attached hydrogens (tertiary/aromatic N) is 1. The third-order valence-electron chi connectivity index (χ3n) is 10.7. The number of aliphatic hydroxyl groups excluding tert-OH is 2. The van der Waals surface area contributed by atoms with Crippen molar-refractivity contribution in [3.05, 3.63) is 0 Å². The van der Waals surface area contributed by atoms with Crippen LogP contribution in [0.15, 0.2) is 0 Å². The Kier molecular flexibility index (Phi) is 6.07. The van der Waals surface area contributed by atoms with Gasteiger partial charge in [0.1, 0.15) is 0 Å². The van der Waals surface area contributed by atoms with Gasteiger partial charge in [0, 0.05) is 20.5 Å². The molecule has 0 aromatic heterocycles. The molecule has 0 bridgehead atoms. The van der Waals surface area contributed by atoms with Crippen molar-refractivity contribution in [2.45, 2.75) is 97.2 Å². The molecular formula is C26H45NO3. The van der Waals surface area contributed by atoms with Crippen LogP contribution < -0.4 is 0 Å². The van der Waals surface area contributed by atoms with Crippen molar-refractivity contribution in [1.82, 2.24) is 4.90 Å². The lowest BCUT2D eigenvalue weighted by Gasteiger charge is -2.62. The van der Waals surface area contributed by atoms with Crippen LogP contribution in [0.25, 0.3) is 0 Å². The summed E-state index contributed by atoms with van der Waals surface area (Å²) in [7, 11) is 3.71. The second-order valence-corrected chi connectivity index (χ2v) is 12.3. The van der Waals surface area contributed by atoms with Crippen LogP contribution in [0.1, 0.15) is 85.0 Å². The number of amides is 1. The van der Waals surface area contributed by atoms with E-state index >= 15 is 0 Å². The van der Waals surface area contributed by atoms with Gasteiger partial charge in [0.15, 0.2) is 0 Å². The normalized spacial score (nSPS) is 49.0. The highest BCUT2D eigenvalue weighted by atomic mass is 16.3. The summed E-state index contributed by atoms with van der Waals surface area (Å²) in [6.45, 7) is 7.36. The molecule has 0 radical (unpaired) electrons. The van der Waals surface area contributed by atoms with Crippen molar-refractivity contribution >= 4 is 5.91 Å². The van der Waals surface area contributed by atoms with Crippen LogP contribution in [0.5, 0.6) is 0 Å². The molecule has 4 nitrogen and oxygen atoms in total. The lowest BCUT2D eigenvalue weighted by Crippen LogP contribution is -2.58. The van der Waals surface area contributed by atoms with Gasteiger partial charge in [0.05, 0.1) is 12.2 Å². The number of aliphatic hydroxyl groups is 2. The summed E-state index contributed by atoms with van der Waals surface area (Å²) in [6, 6.07) is 0. The van der Waals surface area contributed by atoms with Crippen molar-refractivity contribution in [2.24, 2.45) is 46.3 Å². The zero-order valence-corrected chi connectivity index (χ0v) is 19.9. The highest BCUT2D eigenvalue weighted by molar-refractivity contribution is 5.75. The molecule has 0 aliphatic heterocycles. The molecule has 172 valence electrons. The summed E-state index contributed by atoms with van der Waals surface area (Å²) in [5, 5.41) is 21.4. The predicted molar refractivity (Wildman–Crippen MR) is 120 cm³/mol. The molecular weight excluding hydrogens is 374 g/mol. The van der Waals surface area contributed by atoms with E-state index in [1.807, 2.05) is 14.1 Å². The van der Waals surface area contributed by atoms with Gasteiger partial charge in [-0.3, -0.25) is 4.79 Å². The Bertz CT molecular complexity index is 650. The number of fused-ring (bicyclic) bond motifs is 5. The molecule has 0 aromatic rings. The maximum atomic E-state index is 12.1. The standard InChI is InChI=1S/C26H45NO3/c1-16(6-9-24(30)27(4)5)19-7-8-20-18-15-23(29)22-14-17(28)10-12-26(22,3)21(18)11-13-25(19,20)2/h16-23,28-29H,6-15H2,1-5H3/t16-,17+,18+,19-,20+,21+,22-,23-,25-,26-/m1/s1. The third kappa shape index (κ3) is 3.54. The largest absolute Gasteiger partial charge is 0.393 e. The summed E-state index contributed by atoms with van der Waals surface area (Å²) >= 11 is 0. The predicted octanol–water partition coefficient (Wildman–Crippen LogP) is 4.48. The van der Waals surface area contributed by atoms with Crippen LogP contribution in [0.4, 0.5) is 0 Å². The van der Waals surface area contributed by atoms with Crippen LogP contribution in [-0.4, -0.2) is 47.3 Å². The molecule has 30 heavy (non-hydrogen) atoms. The van der Waals surface area contributed by atoms with Gasteiger partial charge >= 0.3 is 0 Å². The Morgan fingerprint density at radius 3 is 2.33 bits per heavy atom. The molecule has 4 saturated carbocycles. The quantitative estimate of drug-likeness (QED) is 0.706. The first kappa shape index (κ1) is 22.6. The minimum Gasteiger partial charge on any atom is -0.393 e. The van der Waals surface area contributed by atoms with Gasteiger partial charge < -0.3 is 15.1 Å². The van der Waals surface area contributed by atoms with E-state index in [0.29, 0.717) is 41.4 Å². The van der Waals surface area contributed by atoms with Crippen molar-refractivity contribution in [2.75, 3.05) is 14.1 Å². The molecule has 1 amide bonds. The van der Waals surface area contributed by atoms with E-state index in [-0.39, 0.29) is 29.4 Å². The van der Waals surface area contributed by atoms with Crippen molar-refractivity contribution in [1.29, 1.82) is 0 Å². The Hall–Kier alpha value is -0.610. The molecule has 4 rings (SSSR count). The second kappa shape index (κ2) is 8.06. The molecule has 4 aliphatic rings. The van der Waals surface area contributed by atoms with Gasteiger partial charge in [0.2, 0.25) is 5.91 Å². The second-order valence-electron chi connectivity index (χ2n) is 12.3. The number of rotatable bonds is 4. The molecule has 0 saturated heterocycles. The number of carbonyl (C=O) groups is 1. The molecule has 2 N–H and O–H groups in total. The Labute approximate surface area is 183 Å². The number of hydrogen-bond acceptors (Lipinski definition) is 3. The Morgan fingerprint density at radius 1 is 0.967 bits per heavy atom. The molecule has 0 heterocycles.